The molecule has 90 valence electrons. The Labute approximate surface area is 96.8 Å². The van der Waals surface area contributed by atoms with Crippen LogP contribution in [0.2, 0.25) is 0 Å². The Morgan fingerprint density at radius 3 is 2.69 bits per heavy atom. The van der Waals surface area contributed by atoms with Gasteiger partial charge in [0.05, 0.1) is 12.3 Å². The molecule has 0 saturated carbocycles. The molecule has 1 heterocycles. The lowest BCUT2D eigenvalue weighted by Gasteiger charge is -2.13. The van der Waals surface area contributed by atoms with Crippen molar-refractivity contribution in [2.45, 2.75) is 20.0 Å². The molecule has 0 unspecified atom stereocenters. The van der Waals surface area contributed by atoms with Crippen LogP contribution in [0.1, 0.15) is 19.0 Å². The molecule has 5 heteroatoms. The van der Waals surface area contributed by atoms with Crippen LogP contribution in [0, 0.1) is 0 Å². The minimum atomic E-state index is 0.504. The molecule has 1 aromatic rings. The quantitative estimate of drug-likeness (QED) is 0.793. The van der Waals surface area contributed by atoms with E-state index in [1.165, 1.54) is 0 Å². The molecule has 0 radical (unpaired) electrons. The molecule has 0 aromatic carbocycles. The molecule has 16 heavy (non-hydrogen) atoms. The fraction of sp³-hybridized carbons (Fsp3) is 0.636. The lowest BCUT2D eigenvalue weighted by Crippen LogP contribution is -2.15. The second-order valence-corrected chi connectivity index (χ2v) is 3.80. The second kappa shape index (κ2) is 6.27. The van der Waals surface area contributed by atoms with Gasteiger partial charge in [-0.1, -0.05) is 6.92 Å². The first-order chi connectivity index (χ1) is 7.67. The smallest absolute Gasteiger partial charge is 0.227 e. The second-order valence-electron chi connectivity index (χ2n) is 3.80. The zero-order chi connectivity index (χ0) is 12.0. The highest BCUT2D eigenvalue weighted by Gasteiger charge is 2.05. The van der Waals surface area contributed by atoms with Crippen LogP contribution in [0.5, 0.6) is 0 Å². The third-order valence-electron chi connectivity index (χ3n) is 2.02. The van der Waals surface area contributed by atoms with E-state index in [0.29, 0.717) is 12.6 Å². The summed E-state index contributed by atoms with van der Waals surface area (Å²) in [6.45, 7) is 3.54. The van der Waals surface area contributed by atoms with Crippen molar-refractivity contribution >= 4 is 11.8 Å². The number of hydrogen-bond acceptors (Lipinski definition) is 5. The summed E-state index contributed by atoms with van der Waals surface area (Å²) in [5.74, 6) is 1.56. The molecular weight excluding hydrogens is 204 g/mol. The third-order valence-corrected chi connectivity index (χ3v) is 2.02. The highest BCUT2D eigenvalue weighted by atomic mass is 16.5. The largest absolute Gasteiger partial charge is 0.378 e. The summed E-state index contributed by atoms with van der Waals surface area (Å²) in [6, 6.07) is 1.92. The zero-order valence-electron chi connectivity index (χ0n) is 10.4. The van der Waals surface area contributed by atoms with E-state index in [9.17, 15) is 0 Å². The molecule has 1 N–H and O–H groups in total. The van der Waals surface area contributed by atoms with Gasteiger partial charge in [-0.2, -0.15) is 4.98 Å². The van der Waals surface area contributed by atoms with E-state index >= 15 is 0 Å². The molecule has 0 fully saturated rings. The molecule has 0 atom stereocenters. The van der Waals surface area contributed by atoms with Crippen molar-refractivity contribution in [2.75, 3.05) is 38.0 Å². The van der Waals surface area contributed by atoms with Crippen molar-refractivity contribution < 1.29 is 4.74 Å². The first-order valence-corrected chi connectivity index (χ1v) is 5.45. The zero-order valence-corrected chi connectivity index (χ0v) is 10.4. The Kier molecular flexibility index (Phi) is 4.98. The van der Waals surface area contributed by atoms with Gasteiger partial charge in [0.2, 0.25) is 5.95 Å². The molecule has 0 aliphatic rings. The van der Waals surface area contributed by atoms with E-state index in [1.807, 2.05) is 25.1 Å². The molecular formula is C11H20N4O. The maximum atomic E-state index is 5.09. The summed E-state index contributed by atoms with van der Waals surface area (Å²) in [4.78, 5) is 10.7. The summed E-state index contributed by atoms with van der Waals surface area (Å²) in [7, 11) is 5.52. The average Bonchev–Trinajstić information content (AvgIpc) is 2.26. The number of hydrogen-bond donors (Lipinski definition) is 1. The average molecular weight is 224 g/mol. The van der Waals surface area contributed by atoms with E-state index in [1.54, 1.807) is 7.11 Å². The van der Waals surface area contributed by atoms with Crippen molar-refractivity contribution in [1.29, 1.82) is 0 Å². The number of ether oxygens (including phenoxy) is 1. The van der Waals surface area contributed by atoms with Gasteiger partial charge in [0.1, 0.15) is 5.82 Å². The van der Waals surface area contributed by atoms with Crippen molar-refractivity contribution in [2.24, 2.45) is 0 Å². The molecule has 0 bridgehead atoms. The van der Waals surface area contributed by atoms with Crippen LogP contribution >= 0.6 is 0 Å². The fourth-order valence-electron chi connectivity index (χ4n) is 1.25. The van der Waals surface area contributed by atoms with Crippen LogP contribution in [-0.4, -0.2) is 37.7 Å². The SMILES string of the molecule is CCCNc1cc(COC)nc(N(C)C)n1. The predicted octanol–water partition coefficient (Wildman–Crippen LogP) is 1.51. The van der Waals surface area contributed by atoms with Gasteiger partial charge in [0.25, 0.3) is 0 Å². The van der Waals surface area contributed by atoms with E-state index in [0.717, 1.165) is 24.5 Å². The van der Waals surface area contributed by atoms with Crippen LogP contribution < -0.4 is 10.2 Å². The van der Waals surface area contributed by atoms with Crippen LogP contribution in [-0.2, 0) is 11.3 Å². The first-order valence-electron chi connectivity index (χ1n) is 5.45. The summed E-state index contributed by atoms with van der Waals surface area (Å²) in [5, 5.41) is 3.26. The Morgan fingerprint density at radius 1 is 1.38 bits per heavy atom. The molecule has 0 aliphatic carbocycles. The van der Waals surface area contributed by atoms with Gasteiger partial charge < -0.3 is 15.0 Å². The molecule has 1 aromatic heterocycles. The van der Waals surface area contributed by atoms with Crippen molar-refractivity contribution in [3.63, 3.8) is 0 Å². The predicted molar refractivity (Wildman–Crippen MR) is 65.9 cm³/mol. The lowest BCUT2D eigenvalue weighted by atomic mass is 10.4. The number of nitrogens with one attached hydrogen (secondary N) is 1. The van der Waals surface area contributed by atoms with E-state index in [4.69, 9.17) is 4.74 Å². The summed E-state index contributed by atoms with van der Waals surface area (Å²) < 4.78 is 5.09. The summed E-state index contributed by atoms with van der Waals surface area (Å²) in [6.07, 6.45) is 1.07. The van der Waals surface area contributed by atoms with Gasteiger partial charge in [0.15, 0.2) is 0 Å². The molecule has 0 amide bonds. The Bertz CT molecular complexity index is 328. The minimum absolute atomic E-state index is 0.504. The number of aromatic nitrogens is 2. The lowest BCUT2D eigenvalue weighted by molar-refractivity contribution is 0.181. The van der Waals surface area contributed by atoms with Crippen LogP contribution in [0.25, 0.3) is 0 Å². The maximum absolute atomic E-state index is 5.09. The topological polar surface area (TPSA) is 50.3 Å². The summed E-state index contributed by atoms with van der Waals surface area (Å²) in [5.41, 5.74) is 0.889. The van der Waals surface area contributed by atoms with Gasteiger partial charge in [-0.15, -0.1) is 0 Å². The van der Waals surface area contributed by atoms with Gasteiger partial charge in [0, 0.05) is 33.8 Å². The fourth-order valence-corrected chi connectivity index (χ4v) is 1.25. The molecule has 0 saturated heterocycles. The van der Waals surface area contributed by atoms with E-state index < -0.39 is 0 Å². The molecule has 5 nitrogen and oxygen atoms in total. The van der Waals surface area contributed by atoms with Gasteiger partial charge >= 0.3 is 0 Å². The normalized spacial score (nSPS) is 10.2. The van der Waals surface area contributed by atoms with E-state index in [-0.39, 0.29) is 0 Å². The Morgan fingerprint density at radius 2 is 2.12 bits per heavy atom. The summed E-state index contributed by atoms with van der Waals surface area (Å²) >= 11 is 0. The molecule has 0 aliphatic heterocycles. The highest BCUT2D eigenvalue weighted by molar-refractivity contribution is 5.42. The highest BCUT2D eigenvalue weighted by Crippen LogP contribution is 2.12. The monoisotopic (exact) mass is 224 g/mol. The van der Waals surface area contributed by atoms with Gasteiger partial charge in [-0.3, -0.25) is 0 Å². The standard InChI is InChI=1S/C11H20N4O/c1-5-6-12-10-7-9(8-16-4)13-11(14-10)15(2)3/h7H,5-6,8H2,1-4H3,(H,12,13,14). The van der Waals surface area contributed by atoms with Crippen molar-refractivity contribution in [3.8, 4) is 0 Å². The number of rotatable bonds is 6. The van der Waals surface area contributed by atoms with Crippen LogP contribution in [0.15, 0.2) is 6.07 Å². The Hall–Kier alpha value is -1.36. The van der Waals surface area contributed by atoms with Crippen LogP contribution in [0.4, 0.5) is 11.8 Å². The van der Waals surface area contributed by atoms with Crippen molar-refractivity contribution in [3.05, 3.63) is 11.8 Å². The molecule has 1 rings (SSSR count). The van der Waals surface area contributed by atoms with Gasteiger partial charge in [-0.05, 0) is 6.42 Å². The number of nitrogens with zero attached hydrogens (tertiary/aromatic N) is 3. The Balaban J connectivity index is 2.89. The van der Waals surface area contributed by atoms with Gasteiger partial charge in [-0.25, -0.2) is 4.98 Å². The minimum Gasteiger partial charge on any atom is -0.378 e. The van der Waals surface area contributed by atoms with E-state index in [2.05, 4.69) is 22.2 Å². The van der Waals surface area contributed by atoms with Crippen molar-refractivity contribution in [1.82, 2.24) is 9.97 Å². The maximum Gasteiger partial charge on any atom is 0.227 e. The molecule has 0 spiro atoms. The van der Waals surface area contributed by atoms with Crippen LogP contribution in [0.3, 0.4) is 0 Å². The number of methoxy groups -OCH3 is 1. The number of anilines is 2. The third kappa shape index (κ3) is 3.66. The first kappa shape index (κ1) is 12.7.